The van der Waals surface area contributed by atoms with Gasteiger partial charge in [0.15, 0.2) is 0 Å². The van der Waals surface area contributed by atoms with Crippen molar-refractivity contribution in [2.24, 2.45) is 0 Å². The van der Waals surface area contributed by atoms with Gasteiger partial charge in [0.2, 0.25) is 5.91 Å². The molecule has 1 fully saturated rings. The highest BCUT2D eigenvalue weighted by molar-refractivity contribution is 7.47. The number of aliphatic hydroxyl groups is 7. The van der Waals surface area contributed by atoms with Crippen LogP contribution < -0.4 is 5.32 Å². The number of hydrogen-bond donors (Lipinski definition) is 9. The molecule has 1 saturated carbocycles. The van der Waals surface area contributed by atoms with Crippen molar-refractivity contribution < 1.29 is 59.0 Å². The van der Waals surface area contributed by atoms with Crippen LogP contribution in [0.15, 0.2) is 36.5 Å². The Morgan fingerprint density at radius 2 is 1.20 bits per heavy atom. The minimum Gasteiger partial charge on any atom is -0.393 e. The molecule has 49 heavy (non-hydrogen) atoms. The van der Waals surface area contributed by atoms with E-state index in [-0.39, 0.29) is 6.42 Å². The van der Waals surface area contributed by atoms with Gasteiger partial charge in [-0.05, 0) is 57.8 Å². The van der Waals surface area contributed by atoms with Crippen molar-refractivity contribution in [2.45, 2.75) is 171 Å². The molecular formula is C35H64NO12P. The molecule has 0 aromatic carbocycles. The van der Waals surface area contributed by atoms with Crippen LogP contribution in [0.5, 0.6) is 0 Å². The van der Waals surface area contributed by atoms with Gasteiger partial charge < -0.3 is 46.0 Å². The first-order chi connectivity index (χ1) is 23.3. The molecule has 0 radical (unpaired) electrons. The molecule has 0 spiro atoms. The smallest absolute Gasteiger partial charge is 0.393 e. The van der Waals surface area contributed by atoms with Crippen LogP contribution in [0.1, 0.15) is 117 Å². The van der Waals surface area contributed by atoms with Gasteiger partial charge in [-0.15, -0.1) is 0 Å². The number of allylic oxidation sites excluding steroid dienone is 5. The molecule has 8 unspecified atom stereocenters. The Balaban J connectivity index is 2.73. The van der Waals surface area contributed by atoms with Crippen molar-refractivity contribution in [1.82, 2.24) is 5.32 Å². The number of amides is 1. The Morgan fingerprint density at radius 3 is 1.76 bits per heavy atom. The molecule has 286 valence electrons. The Bertz CT molecular complexity index is 995. The number of carbonyl (C=O) groups is 1. The summed E-state index contributed by atoms with van der Waals surface area (Å²) in [6.07, 6.45) is 11.5. The topological polar surface area (TPSA) is 226 Å². The summed E-state index contributed by atoms with van der Waals surface area (Å²) in [7, 11) is -5.13. The third-order valence-corrected chi connectivity index (χ3v) is 9.43. The number of carbonyl (C=O) groups excluding carboxylic acids is 1. The summed E-state index contributed by atoms with van der Waals surface area (Å²) in [5.41, 5.74) is 0. The lowest BCUT2D eigenvalue weighted by molar-refractivity contribution is -0.220. The number of hydrogen-bond acceptors (Lipinski definition) is 11. The average Bonchev–Trinajstić information content (AvgIpc) is 3.06. The van der Waals surface area contributed by atoms with Gasteiger partial charge in [-0.3, -0.25) is 13.8 Å². The lowest BCUT2D eigenvalue weighted by Crippen LogP contribution is -2.64. The van der Waals surface area contributed by atoms with E-state index in [1.165, 1.54) is 31.8 Å². The minimum absolute atomic E-state index is 0.265. The average molecular weight is 722 g/mol. The summed E-state index contributed by atoms with van der Waals surface area (Å²) in [5, 5.41) is 73.7. The Kier molecular flexibility index (Phi) is 24.5. The second-order valence-electron chi connectivity index (χ2n) is 12.9. The van der Waals surface area contributed by atoms with Gasteiger partial charge in [0.05, 0.1) is 31.3 Å². The molecule has 9 N–H and O–H groups in total. The van der Waals surface area contributed by atoms with E-state index in [1.807, 2.05) is 6.08 Å². The largest absolute Gasteiger partial charge is 0.472 e. The Hall–Kier alpha value is -1.48. The molecule has 1 amide bonds. The van der Waals surface area contributed by atoms with E-state index < -0.39 is 75.2 Å². The van der Waals surface area contributed by atoms with Gasteiger partial charge in [-0.2, -0.15) is 0 Å². The second kappa shape index (κ2) is 26.3. The lowest BCUT2D eigenvalue weighted by atomic mass is 9.85. The quantitative estimate of drug-likeness (QED) is 0.0338. The first-order valence-electron chi connectivity index (χ1n) is 18.0. The van der Waals surface area contributed by atoms with Gasteiger partial charge in [0.25, 0.3) is 0 Å². The van der Waals surface area contributed by atoms with E-state index in [1.54, 1.807) is 6.08 Å². The highest BCUT2D eigenvalue weighted by atomic mass is 31.2. The van der Waals surface area contributed by atoms with E-state index in [0.29, 0.717) is 12.8 Å². The SMILES string of the molecule is CCCCC/C=C\CCCCCC(O)CC(=O)NC(COP(=O)(O)OC1C(O)C(O)C(O)C(O)C1O)C(O)/C=C/CC/C=C/CCCCC. The van der Waals surface area contributed by atoms with Gasteiger partial charge in [0.1, 0.15) is 36.6 Å². The predicted octanol–water partition coefficient (Wildman–Crippen LogP) is 3.46. The maximum Gasteiger partial charge on any atom is 0.472 e. The highest BCUT2D eigenvalue weighted by Crippen LogP contribution is 2.47. The molecule has 0 saturated heterocycles. The van der Waals surface area contributed by atoms with Crippen LogP contribution in [-0.2, 0) is 18.4 Å². The van der Waals surface area contributed by atoms with Gasteiger partial charge in [-0.1, -0.05) is 88.8 Å². The van der Waals surface area contributed by atoms with Crippen molar-refractivity contribution in [3.63, 3.8) is 0 Å². The van der Waals surface area contributed by atoms with Crippen molar-refractivity contribution >= 4 is 13.7 Å². The minimum atomic E-state index is -5.13. The van der Waals surface area contributed by atoms with Crippen LogP contribution in [0.4, 0.5) is 0 Å². The van der Waals surface area contributed by atoms with E-state index in [4.69, 9.17) is 9.05 Å². The molecule has 0 aliphatic heterocycles. The molecule has 0 bridgehead atoms. The fourth-order valence-electron chi connectivity index (χ4n) is 5.36. The summed E-state index contributed by atoms with van der Waals surface area (Å²) in [6, 6.07) is -1.26. The first-order valence-corrected chi connectivity index (χ1v) is 19.5. The number of unbranched alkanes of at least 4 members (excludes halogenated alkanes) is 10. The molecule has 8 atom stereocenters. The fraction of sp³-hybridized carbons (Fsp3) is 0.800. The van der Waals surface area contributed by atoms with Gasteiger partial charge >= 0.3 is 7.82 Å². The molecule has 14 heteroatoms. The summed E-state index contributed by atoms with van der Waals surface area (Å²) in [5.74, 6) is -0.620. The first kappa shape index (κ1) is 45.5. The predicted molar refractivity (Wildman–Crippen MR) is 187 cm³/mol. The van der Waals surface area contributed by atoms with Crippen molar-refractivity contribution in [1.29, 1.82) is 0 Å². The van der Waals surface area contributed by atoms with Crippen LogP contribution in [0.25, 0.3) is 0 Å². The monoisotopic (exact) mass is 721 g/mol. The van der Waals surface area contributed by atoms with Crippen molar-refractivity contribution in [2.75, 3.05) is 6.61 Å². The lowest BCUT2D eigenvalue weighted by Gasteiger charge is -2.41. The maximum atomic E-state index is 12.8. The van der Waals surface area contributed by atoms with E-state index in [9.17, 15) is 50.0 Å². The maximum absolute atomic E-state index is 12.8. The Labute approximate surface area is 292 Å². The molecule has 0 aromatic rings. The molecule has 1 aliphatic rings. The normalized spacial score (nSPS) is 26.3. The van der Waals surface area contributed by atoms with E-state index >= 15 is 0 Å². The number of nitrogens with one attached hydrogen (secondary N) is 1. The number of aliphatic hydroxyl groups excluding tert-OH is 7. The summed E-state index contributed by atoms with van der Waals surface area (Å²) >= 11 is 0. The van der Waals surface area contributed by atoms with E-state index in [0.717, 1.165) is 57.8 Å². The fourth-order valence-corrected chi connectivity index (χ4v) is 6.33. The number of rotatable bonds is 27. The van der Waals surface area contributed by atoms with Crippen LogP contribution >= 0.6 is 7.82 Å². The van der Waals surface area contributed by atoms with Crippen LogP contribution in [-0.4, -0.2) is 108 Å². The molecule has 0 aromatic heterocycles. The highest BCUT2D eigenvalue weighted by Gasteiger charge is 2.51. The number of phosphoric acid groups is 1. The third kappa shape index (κ3) is 19.6. The Morgan fingerprint density at radius 1 is 0.714 bits per heavy atom. The molecule has 1 rings (SSSR count). The van der Waals surface area contributed by atoms with Gasteiger partial charge in [-0.25, -0.2) is 4.57 Å². The molecule has 0 heterocycles. The van der Waals surface area contributed by atoms with Crippen molar-refractivity contribution in [3.8, 4) is 0 Å². The standard InChI is InChI=1S/C35H64NO12P/c1-3-5-7-9-11-13-15-16-18-20-22-26(37)24-29(39)36-27(28(38)23-21-19-17-14-12-10-8-6-4-2)25-47-49(45,46)48-35-33(43)31(41)30(40)32(42)34(35)44/h11-14,21,23,26-28,30-35,37-38,40-44H,3-10,15-20,22,24-25H2,1-2H3,(H,36,39)(H,45,46)/b13-11-,14-12+,23-21+. The van der Waals surface area contributed by atoms with Crippen LogP contribution in [0.2, 0.25) is 0 Å². The summed E-state index contributed by atoms with van der Waals surface area (Å²) < 4.78 is 22.6. The molecule has 1 aliphatic carbocycles. The van der Waals surface area contributed by atoms with Crippen LogP contribution in [0.3, 0.4) is 0 Å². The van der Waals surface area contributed by atoms with E-state index in [2.05, 4.69) is 37.4 Å². The number of phosphoric ester groups is 1. The zero-order valence-electron chi connectivity index (χ0n) is 29.3. The third-order valence-electron chi connectivity index (χ3n) is 8.45. The zero-order chi connectivity index (χ0) is 36.7. The summed E-state index contributed by atoms with van der Waals surface area (Å²) in [6.45, 7) is 3.56. The molecular weight excluding hydrogens is 657 g/mol. The zero-order valence-corrected chi connectivity index (χ0v) is 30.2. The van der Waals surface area contributed by atoms with Gasteiger partial charge in [0, 0.05) is 0 Å². The summed E-state index contributed by atoms with van der Waals surface area (Å²) in [4.78, 5) is 23.1. The second-order valence-corrected chi connectivity index (χ2v) is 14.3. The van der Waals surface area contributed by atoms with Crippen molar-refractivity contribution in [3.05, 3.63) is 36.5 Å². The molecule has 13 nitrogen and oxygen atoms in total. The van der Waals surface area contributed by atoms with Crippen LogP contribution in [0, 0.1) is 0 Å².